The van der Waals surface area contributed by atoms with E-state index in [1.165, 1.54) is 6.92 Å². The van der Waals surface area contributed by atoms with Gasteiger partial charge in [-0.2, -0.15) is 0 Å². The Morgan fingerprint density at radius 1 is 1.16 bits per heavy atom. The molecule has 0 saturated carbocycles. The minimum absolute atomic E-state index is 0.0732. The molecule has 8 heteroatoms. The Morgan fingerprint density at radius 3 is 2.50 bits per heavy atom. The van der Waals surface area contributed by atoms with Crippen LogP contribution < -0.4 is 15.7 Å². The Balaban J connectivity index is 1.53. The van der Waals surface area contributed by atoms with Crippen molar-refractivity contribution in [2.75, 3.05) is 18.4 Å². The van der Waals surface area contributed by atoms with Crippen LogP contribution in [-0.2, 0) is 4.79 Å². The second kappa shape index (κ2) is 8.80. The van der Waals surface area contributed by atoms with Crippen molar-refractivity contribution in [1.82, 2.24) is 14.5 Å². The fraction of sp³-hybridized carbons (Fsp3) is 0.417. The number of rotatable bonds is 6. The van der Waals surface area contributed by atoms with Crippen LogP contribution in [0.15, 0.2) is 53.3 Å². The fourth-order valence-corrected chi connectivity index (χ4v) is 4.46. The van der Waals surface area contributed by atoms with E-state index in [0.717, 1.165) is 23.9 Å². The van der Waals surface area contributed by atoms with Gasteiger partial charge in [0.25, 0.3) is 0 Å². The molecule has 1 atom stereocenters. The highest BCUT2D eigenvalue weighted by molar-refractivity contribution is 5.90. The van der Waals surface area contributed by atoms with Gasteiger partial charge in [0.1, 0.15) is 11.4 Å². The lowest BCUT2D eigenvalue weighted by molar-refractivity contribution is -0.123. The summed E-state index contributed by atoms with van der Waals surface area (Å²) in [7, 11) is 0. The molecule has 0 bridgehead atoms. The first kappa shape index (κ1) is 22.1. The van der Waals surface area contributed by atoms with Crippen molar-refractivity contribution >= 4 is 22.6 Å². The topological polar surface area (TPSA) is 99.6 Å². The number of para-hydroxylation sites is 4. The Bertz CT molecular complexity index is 1150. The minimum atomic E-state index is -1.15. The first-order valence-electron chi connectivity index (χ1n) is 10.9. The number of aromatic amines is 1. The highest BCUT2D eigenvalue weighted by Crippen LogP contribution is 2.32. The molecule has 3 aromatic rings. The average Bonchev–Trinajstić information content (AvgIpc) is 3.08. The van der Waals surface area contributed by atoms with Crippen LogP contribution in [0.5, 0.6) is 5.75 Å². The van der Waals surface area contributed by atoms with Gasteiger partial charge >= 0.3 is 5.69 Å². The fourth-order valence-electron chi connectivity index (χ4n) is 4.46. The Kier molecular flexibility index (Phi) is 6.08. The molecule has 0 aliphatic carbocycles. The van der Waals surface area contributed by atoms with Gasteiger partial charge in [0.2, 0.25) is 5.91 Å². The van der Waals surface area contributed by atoms with E-state index in [-0.39, 0.29) is 17.6 Å². The van der Waals surface area contributed by atoms with Gasteiger partial charge in [-0.3, -0.25) is 14.3 Å². The predicted octanol–water partition coefficient (Wildman–Crippen LogP) is 3.10. The lowest BCUT2D eigenvalue weighted by atomic mass is 10.00. The first-order chi connectivity index (χ1) is 15.2. The number of ether oxygens (including phenoxy) is 1. The van der Waals surface area contributed by atoms with Crippen LogP contribution in [0.4, 0.5) is 5.69 Å². The zero-order valence-corrected chi connectivity index (χ0v) is 18.7. The van der Waals surface area contributed by atoms with Crippen molar-refractivity contribution in [3.8, 4) is 5.75 Å². The van der Waals surface area contributed by atoms with Crippen LogP contribution in [0.25, 0.3) is 11.0 Å². The third-order valence-electron chi connectivity index (χ3n) is 5.86. The third-order valence-corrected chi connectivity index (χ3v) is 5.86. The number of likely N-dealkylation sites (tertiary alicyclic amines) is 1. The Labute approximate surface area is 186 Å². The molecule has 32 heavy (non-hydrogen) atoms. The molecule has 2 aromatic carbocycles. The van der Waals surface area contributed by atoms with Gasteiger partial charge < -0.3 is 20.1 Å². The number of hydrogen-bond donors (Lipinski definition) is 3. The van der Waals surface area contributed by atoms with Gasteiger partial charge in [-0.05, 0) is 51.0 Å². The number of nitrogens with one attached hydrogen (secondary N) is 2. The molecule has 1 aromatic heterocycles. The number of aliphatic hydroxyl groups is 1. The molecule has 1 aliphatic heterocycles. The highest BCUT2D eigenvalue weighted by Gasteiger charge is 2.37. The molecule has 1 amide bonds. The average molecular weight is 439 g/mol. The summed E-state index contributed by atoms with van der Waals surface area (Å²) < 4.78 is 8.10. The van der Waals surface area contributed by atoms with E-state index in [4.69, 9.17) is 4.74 Å². The lowest BCUT2D eigenvalue weighted by Crippen LogP contribution is -2.55. The summed E-state index contributed by atoms with van der Waals surface area (Å²) >= 11 is 0. The summed E-state index contributed by atoms with van der Waals surface area (Å²) in [6.07, 6.45) is 0.897. The number of imidazole rings is 1. The van der Waals surface area contributed by atoms with E-state index < -0.39 is 11.8 Å². The molecule has 1 fully saturated rings. The van der Waals surface area contributed by atoms with Crippen LogP contribution in [0, 0.1) is 0 Å². The second-order valence-electron chi connectivity index (χ2n) is 8.89. The summed E-state index contributed by atoms with van der Waals surface area (Å²) in [5.74, 6) is 0.315. The quantitative estimate of drug-likeness (QED) is 0.549. The van der Waals surface area contributed by atoms with E-state index in [1.807, 2.05) is 41.0 Å². The summed E-state index contributed by atoms with van der Waals surface area (Å²) in [5.41, 5.74) is 1.08. The number of nitrogens with zero attached hydrogens (tertiary/aromatic N) is 2. The van der Waals surface area contributed by atoms with Crippen molar-refractivity contribution in [2.24, 2.45) is 0 Å². The van der Waals surface area contributed by atoms with Crippen LogP contribution in [0.2, 0.25) is 0 Å². The highest BCUT2D eigenvalue weighted by atomic mass is 16.5. The molecule has 170 valence electrons. The van der Waals surface area contributed by atoms with Crippen molar-refractivity contribution in [3.05, 3.63) is 59.0 Å². The number of benzene rings is 2. The number of carbonyl (C=O) groups excluding carboxylic acids is 1. The van der Waals surface area contributed by atoms with Crippen molar-refractivity contribution in [1.29, 1.82) is 0 Å². The number of anilines is 1. The summed E-state index contributed by atoms with van der Waals surface area (Å²) in [6.45, 7) is 6.20. The van der Waals surface area contributed by atoms with Gasteiger partial charge in [0, 0.05) is 26.1 Å². The van der Waals surface area contributed by atoms with E-state index in [2.05, 4.69) is 15.2 Å². The lowest BCUT2D eigenvalue weighted by Gasteiger charge is -2.42. The monoisotopic (exact) mass is 438 g/mol. The van der Waals surface area contributed by atoms with E-state index in [1.54, 1.807) is 26.0 Å². The van der Waals surface area contributed by atoms with Crippen molar-refractivity contribution < 1.29 is 14.6 Å². The SMILES string of the molecule is CC(=O)Nc1ccccc1OC(N1CCC(n2c(=O)[nH]c3ccccc32)CC1)C(C)(C)O. The van der Waals surface area contributed by atoms with Crippen molar-refractivity contribution in [3.63, 3.8) is 0 Å². The van der Waals surface area contributed by atoms with E-state index >= 15 is 0 Å². The van der Waals surface area contributed by atoms with Crippen LogP contribution in [0.3, 0.4) is 0 Å². The number of hydrogen-bond acceptors (Lipinski definition) is 5. The minimum Gasteiger partial charge on any atom is -0.470 e. The maximum atomic E-state index is 12.6. The number of aromatic nitrogens is 2. The standard InChI is InChI=1S/C24H30N4O4/c1-16(29)25-19-9-5-7-11-21(19)32-22(24(2,3)31)27-14-12-17(13-15-27)28-20-10-6-4-8-18(20)26-23(28)30/h4-11,17,22,31H,12-15H2,1-3H3,(H,25,29)(H,26,30). The molecule has 4 rings (SSSR count). The molecule has 0 spiro atoms. The summed E-state index contributed by atoms with van der Waals surface area (Å²) in [5, 5.41) is 13.7. The normalized spacial score (nSPS) is 16.8. The van der Waals surface area contributed by atoms with E-state index in [9.17, 15) is 14.7 Å². The molecule has 1 unspecified atom stereocenters. The van der Waals surface area contributed by atoms with Gasteiger partial charge in [0.05, 0.1) is 16.7 Å². The number of piperidine rings is 1. The molecule has 8 nitrogen and oxygen atoms in total. The van der Waals surface area contributed by atoms with Gasteiger partial charge in [0.15, 0.2) is 6.23 Å². The first-order valence-corrected chi connectivity index (χ1v) is 10.9. The molecule has 2 heterocycles. The largest absolute Gasteiger partial charge is 0.470 e. The molecular weight excluding hydrogens is 408 g/mol. The van der Waals surface area contributed by atoms with Gasteiger partial charge in [-0.25, -0.2) is 4.79 Å². The number of carbonyl (C=O) groups is 1. The van der Waals surface area contributed by atoms with Crippen LogP contribution in [-0.4, -0.2) is 50.4 Å². The zero-order valence-electron chi connectivity index (χ0n) is 18.7. The summed E-state index contributed by atoms with van der Waals surface area (Å²) in [6, 6.07) is 15.0. The molecular formula is C24H30N4O4. The number of amides is 1. The molecule has 3 N–H and O–H groups in total. The Hall–Kier alpha value is -3.10. The second-order valence-corrected chi connectivity index (χ2v) is 8.89. The maximum absolute atomic E-state index is 12.6. The van der Waals surface area contributed by atoms with Gasteiger partial charge in [-0.1, -0.05) is 24.3 Å². The molecule has 1 saturated heterocycles. The van der Waals surface area contributed by atoms with Gasteiger partial charge in [-0.15, -0.1) is 0 Å². The predicted molar refractivity (Wildman–Crippen MR) is 124 cm³/mol. The van der Waals surface area contributed by atoms with E-state index in [0.29, 0.717) is 24.5 Å². The van der Waals surface area contributed by atoms with Crippen LogP contribution in [0.1, 0.15) is 39.7 Å². The van der Waals surface area contributed by atoms with Crippen LogP contribution >= 0.6 is 0 Å². The van der Waals surface area contributed by atoms with Crippen molar-refractivity contribution in [2.45, 2.75) is 51.5 Å². The molecule has 0 radical (unpaired) electrons. The third kappa shape index (κ3) is 4.56. The Morgan fingerprint density at radius 2 is 1.81 bits per heavy atom. The maximum Gasteiger partial charge on any atom is 0.326 e. The zero-order chi connectivity index (χ0) is 22.9. The smallest absolute Gasteiger partial charge is 0.326 e. The number of H-pyrrole nitrogens is 1. The number of fused-ring (bicyclic) bond motifs is 1. The summed E-state index contributed by atoms with van der Waals surface area (Å²) in [4.78, 5) is 29.2. The molecule has 1 aliphatic rings.